The highest BCUT2D eigenvalue weighted by molar-refractivity contribution is 7.18. The van der Waals surface area contributed by atoms with Gasteiger partial charge in [-0.25, -0.2) is 14.4 Å². The van der Waals surface area contributed by atoms with Gasteiger partial charge in [-0.2, -0.15) is 5.10 Å². The molecule has 0 saturated carbocycles. The number of hydrogen-bond donors (Lipinski definition) is 1. The van der Waals surface area contributed by atoms with Crippen LogP contribution in [0.4, 0.5) is 10.1 Å². The van der Waals surface area contributed by atoms with Gasteiger partial charge in [-0.1, -0.05) is 6.07 Å². The Hall–Kier alpha value is -3.45. The smallest absolute Gasteiger partial charge is 0.125 e. The highest BCUT2D eigenvalue weighted by Crippen LogP contribution is 2.35. The number of thiazole rings is 1. The van der Waals surface area contributed by atoms with E-state index in [4.69, 9.17) is 9.97 Å². The number of aromatic nitrogens is 3. The summed E-state index contributed by atoms with van der Waals surface area (Å²) in [6, 6.07) is 14.3. The quantitative estimate of drug-likeness (QED) is 0.412. The second-order valence-electron chi connectivity index (χ2n) is 7.41. The molecule has 5 rings (SSSR count). The summed E-state index contributed by atoms with van der Waals surface area (Å²) in [6.45, 7) is 2.01. The Morgan fingerprint density at radius 2 is 1.90 bits per heavy atom. The van der Waals surface area contributed by atoms with Gasteiger partial charge < -0.3 is 0 Å². The van der Waals surface area contributed by atoms with Gasteiger partial charge in [0, 0.05) is 18.0 Å². The molecular weight excluding hydrogens is 409 g/mol. The number of rotatable bonds is 4. The van der Waals surface area contributed by atoms with Crippen LogP contribution >= 0.6 is 11.3 Å². The molecule has 1 aliphatic carbocycles. The van der Waals surface area contributed by atoms with Crippen LogP contribution < -0.4 is 5.43 Å². The Morgan fingerprint density at radius 1 is 1.03 bits per heavy atom. The van der Waals surface area contributed by atoms with Crippen molar-refractivity contribution in [3.05, 3.63) is 83.7 Å². The van der Waals surface area contributed by atoms with Crippen molar-refractivity contribution in [3.8, 4) is 21.1 Å². The fourth-order valence-corrected chi connectivity index (χ4v) is 4.67. The molecule has 1 aliphatic rings. The van der Waals surface area contributed by atoms with Crippen molar-refractivity contribution in [1.29, 1.82) is 0 Å². The van der Waals surface area contributed by atoms with E-state index < -0.39 is 0 Å². The lowest BCUT2D eigenvalue weighted by atomic mass is 9.94. The Kier molecular flexibility index (Phi) is 5.26. The van der Waals surface area contributed by atoms with Gasteiger partial charge in [0.1, 0.15) is 10.8 Å². The molecule has 1 aromatic carbocycles. The molecule has 5 nitrogen and oxygen atoms in total. The van der Waals surface area contributed by atoms with Crippen molar-refractivity contribution in [3.63, 3.8) is 0 Å². The van der Waals surface area contributed by atoms with Crippen LogP contribution in [0.1, 0.15) is 29.8 Å². The number of benzene rings is 1. The Balaban J connectivity index is 1.48. The molecule has 0 unspecified atom stereocenters. The number of hydrazone groups is 1. The van der Waals surface area contributed by atoms with Gasteiger partial charge in [-0.3, -0.25) is 10.4 Å². The predicted octanol–water partition coefficient (Wildman–Crippen LogP) is 5.87. The van der Waals surface area contributed by atoms with E-state index in [1.807, 2.05) is 25.3 Å². The van der Waals surface area contributed by atoms with Crippen LogP contribution in [0.2, 0.25) is 0 Å². The molecule has 0 aliphatic heterocycles. The highest BCUT2D eigenvalue weighted by atomic mass is 32.1. The van der Waals surface area contributed by atoms with Gasteiger partial charge in [0.05, 0.1) is 33.4 Å². The van der Waals surface area contributed by atoms with E-state index >= 15 is 0 Å². The molecule has 3 heterocycles. The van der Waals surface area contributed by atoms with Gasteiger partial charge in [0.2, 0.25) is 0 Å². The summed E-state index contributed by atoms with van der Waals surface area (Å²) in [5, 5.41) is 5.53. The molecule has 154 valence electrons. The van der Waals surface area contributed by atoms with Crippen LogP contribution in [-0.4, -0.2) is 20.7 Å². The number of halogens is 1. The highest BCUT2D eigenvalue weighted by Gasteiger charge is 2.20. The summed E-state index contributed by atoms with van der Waals surface area (Å²) in [4.78, 5) is 15.0. The first kappa shape index (κ1) is 19.5. The molecule has 0 spiro atoms. The maximum atomic E-state index is 13.1. The fraction of sp³-hybridized carbons (Fsp3) is 0.167. The van der Waals surface area contributed by atoms with Crippen molar-refractivity contribution in [2.45, 2.75) is 26.2 Å². The lowest BCUT2D eigenvalue weighted by Gasteiger charge is -2.18. The number of anilines is 1. The maximum absolute atomic E-state index is 13.1. The first-order valence-electron chi connectivity index (χ1n) is 10.1. The third-order valence-electron chi connectivity index (χ3n) is 5.21. The standard InChI is InChI=1S/C24H20FN5S/c1-15-23(31-24(27-15)17-5-3-13-26-14-17)21-12-7-16-4-2-6-20(22(16)28-21)30-29-19-10-8-18(25)9-11-19/h3,5,7-14,29H,2,4,6H2,1H3/b30-20+. The van der Waals surface area contributed by atoms with Crippen LogP contribution in [0.5, 0.6) is 0 Å². The first-order chi connectivity index (χ1) is 15.2. The summed E-state index contributed by atoms with van der Waals surface area (Å²) >= 11 is 1.62. The molecule has 0 bridgehead atoms. The lowest BCUT2D eigenvalue weighted by molar-refractivity contribution is 0.628. The maximum Gasteiger partial charge on any atom is 0.125 e. The number of fused-ring (bicyclic) bond motifs is 1. The molecule has 31 heavy (non-hydrogen) atoms. The van der Waals surface area contributed by atoms with E-state index in [1.54, 1.807) is 29.7 Å². The molecular formula is C24H20FN5S. The van der Waals surface area contributed by atoms with E-state index in [9.17, 15) is 4.39 Å². The minimum absolute atomic E-state index is 0.266. The summed E-state index contributed by atoms with van der Waals surface area (Å²) in [5.41, 5.74) is 9.69. The molecule has 3 aromatic heterocycles. The van der Waals surface area contributed by atoms with E-state index in [0.717, 1.165) is 63.2 Å². The molecule has 0 saturated heterocycles. The molecule has 1 N–H and O–H groups in total. The van der Waals surface area contributed by atoms with Crippen molar-refractivity contribution in [1.82, 2.24) is 15.0 Å². The minimum Gasteiger partial charge on any atom is -0.278 e. The van der Waals surface area contributed by atoms with Crippen LogP contribution in [0.15, 0.2) is 66.0 Å². The van der Waals surface area contributed by atoms with E-state index in [1.165, 1.54) is 17.7 Å². The van der Waals surface area contributed by atoms with Crippen LogP contribution in [0.25, 0.3) is 21.1 Å². The van der Waals surface area contributed by atoms with Crippen molar-refractivity contribution in [2.75, 3.05) is 5.43 Å². The fourth-order valence-electron chi connectivity index (χ4n) is 3.64. The molecule has 4 aromatic rings. The first-order valence-corrected chi connectivity index (χ1v) is 11.0. The Morgan fingerprint density at radius 3 is 2.71 bits per heavy atom. The molecule has 0 radical (unpaired) electrons. The van der Waals surface area contributed by atoms with E-state index in [-0.39, 0.29) is 5.82 Å². The number of nitrogens with one attached hydrogen (secondary N) is 1. The van der Waals surface area contributed by atoms with Crippen molar-refractivity contribution in [2.24, 2.45) is 5.10 Å². The zero-order chi connectivity index (χ0) is 21.2. The zero-order valence-corrected chi connectivity index (χ0v) is 17.8. The van der Waals surface area contributed by atoms with Crippen molar-refractivity contribution < 1.29 is 4.39 Å². The number of pyridine rings is 2. The second kappa shape index (κ2) is 8.35. The van der Waals surface area contributed by atoms with Gasteiger partial charge >= 0.3 is 0 Å². The van der Waals surface area contributed by atoms with Crippen LogP contribution in [0, 0.1) is 12.7 Å². The topological polar surface area (TPSA) is 63.1 Å². The summed E-state index contributed by atoms with van der Waals surface area (Å²) < 4.78 is 13.1. The van der Waals surface area contributed by atoms with Crippen LogP contribution in [0.3, 0.4) is 0 Å². The lowest BCUT2D eigenvalue weighted by Crippen LogP contribution is -2.16. The monoisotopic (exact) mass is 429 g/mol. The van der Waals surface area contributed by atoms with E-state index in [2.05, 4.69) is 27.6 Å². The predicted molar refractivity (Wildman–Crippen MR) is 123 cm³/mol. The van der Waals surface area contributed by atoms with E-state index in [0.29, 0.717) is 0 Å². The third kappa shape index (κ3) is 4.09. The summed E-state index contributed by atoms with van der Waals surface area (Å²) in [5.74, 6) is -0.266. The van der Waals surface area contributed by atoms with Gasteiger partial charge in [0.25, 0.3) is 0 Å². The number of nitrogens with zero attached hydrogens (tertiary/aromatic N) is 4. The Labute approximate surface area is 183 Å². The van der Waals surface area contributed by atoms with Gasteiger partial charge in [-0.15, -0.1) is 11.3 Å². The normalized spacial score (nSPS) is 14.5. The van der Waals surface area contributed by atoms with Gasteiger partial charge in [0.15, 0.2) is 0 Å². The zero-order valence-electron chi connectivity index (χ0n) is 17.0. The largest absolute Gasteiger partial charge is 0.278 e. The number of hydrogen-bond acceptors (Lipinski definition) is 6. The molecule has 0 fully saturated rings. The van der Waals surface area contributed by atoms with Crippen molar-refractivity contribution >= 4 is 22.7 Å². The molecule has 0 atom stereocenters. The molecule has 0 amide bonds. The average Bonchev–Trinajstić information content (AvgIpc) is 3.20. The number of aryl methyl sites for hydroxylation is 2. The van der Waals surface area contributed by atoms with Gasteiger partial charge in [-0.05, 0) is 74.2 Å². The van der Waals surface area contributed by atoms with Crippen LogP contribution in [-0.2, 0) is 6.42 Å². The third-order valence-corrected chi connectivity index (χ3v) is 6.44. The molecule has 7 heteroatoms. The average molecular weight is 430 g/mol. The Bertz CT molecular complexity index is 1250. The summed E-state index contributed by atoms with van der Waals surface area (Å²) in [6.07, 6.45) is 6.45. The second-order valence-corrected chi connectivity index (χ2v) is 8.41. The SMILES string of the molecule is Cc1nc(-c2cccnc2)sc1-c1ccc2c(n1)/C(=N/Nc1ccc(F)cc1)CCC2. The summed E-state index contributed by atoms with van der Waals surface area (Å²) in [7, 11) is 0. The minimum atomic E-state index is -0.266.